The minimum Gasteiger partial charge on any atom is -0.506 e. The summed E-state index contributed by atoms with van der Waals surface area (Å²) in [4.78, 5) is 13.2. The predicted octanol–water partition coefficient (Wildman–Crippen LogP) is 6.39. The third-order valence-corrected chi connectivity index (χ3v) is 7.34. The Labute approximate surface area is 231 Å². The van der Waals surface area contributed by atoms with E-state index in [2.05, 4.69) is 5.32 Å². The normalized spacial score (nSPS) is 18.8. The summed E-state index contributed by atoms with van der Waals surface area (Å²) in [7, 11) is 0. The van der Waals surface area contributed by atoms with E-state index >= 15 is 0 Å². The first kappa shape index (κ1) is 30.1. The van der Waals surface area contributed by atoms with Crippen LogP contribution in [0.5, 0.6) is 11.6 Å². The Bertz CT molecular complexity index is 1390. The van der Waals surface area contributed by atoms with Crippen molar-refractivity contribution in [3.63, 3.8) is 0 Å². The van der Waals surface area contributed by atoms with Crippen molar-refractivity contribution in [1.82, 2.24) is 9.99 Å². The van der Waals surface area contributed by atoms with Crippen LogP contribution in [0.4, 0.5) is 30.7 Å². The molecule has 1 fully saturated rings. The van der Waals surface area contributed by atoms with Crippen molar-refractivity contribution in [2.75, 3.05) is 18.1 Å². The Kier molecular flexibility index (Phi) is 8.19. The smallest absolute Gasteiger partial charge is 0.416 e. The lowest BCUT2D eigenvalue weighted by Crippen LogP contribution is -2.47. The summed E-state index contributed by atoms with van der Waals surface area (Å²) < 4.78 is 94.8. The molecule has 3 aromatic rings. The minimum absolute atomic E-state index is 0.0580. The molecule has 0 aliphatic carbocycles. The van der Waals surface area contributed by atoms with Crippen LogP contribution in [0.25, 0.3) is 0 Å². The van der Waals surface area contributed by atoms with E-state index in [1.165, 1.54) is 29.9 Å². The fourth-order valence-electron chi connectivity index (χ4n) is 5.16. The Hall–Kier alpha value is -3.90. The molecule has 41 heavy (non-hydrogen) atoms. The van der Waals surface area contributed by atoms with E-state index in [1.54, 1.807) is 18.0 Å². The molecule has 222 valence electrons. The second kappa shape index (κ2) is 11.2. The molecule has 0 spiro atoms. The predicted molar refractivity (Wildman–Crippen MR) is 135 cm³/mol. The SMILES string of the molecule is Cc1cc(F)ccc1C1C[C@@H](C(=O)NC[C@H](C)c2cc(C(F)(F)F)cc(C(F)(F)F)c2)CCN1n1cc(O)cc1O. The van der Waals surface area contributed by atoms with Gasteiger partial charge in [0.25, 0.3) is 0 Å². The molecule has 1 aliphatic rings. The Balaban J connectivity index is 1.53. The Morgan fingerprint density at radius 3 is 2.20 bits per heavy atom. The van der Waals surface area contributed by atoms with E-state index in [0.717, 1.165) is 6.07 Å². The number of halogens is 7. The molecular weight excluding hydrogens is 559 g/mol. The van der Waals surface area contributed by atoms with Gasteiger partial charge in [-0.3, -0.25) is 4.79 Å². The number of nitrogens with one attached hydrogen (secondary N) is 1. The van der Waals surface area contributed by atoms with Crippen molar-refractivity contribution in [3.05, 3.63) is 82.3 Å². The molecule has 4 rings (SSSR count). The first-order chi connectivity index (χ1) is 19.0. The standard InChI is InChI=1S/C28H28F7N3O3/c1-15-7-21(29)3-4-23(15)24-10-17(5-6-37(24)38-14-22(39)12-25(38)40)26(41)36-13-16(2)18-8-19(27(30,31)32)11-20(9-18)28(33,34)35/h3-4,7-9,11-12,14,16-17,24,39-40H,5-6,10,13H2,1-2H3,(H,36,41)/t16-,17-,24?/m0/s1. The van der Waals surface area contributed by atoms with Crippen molar-refractivity contribution < 1.29 is 45.7 Å². The number of aromatic hydroxyl groups is 2. The second-order valence-corrected chi connectivity index (χ2v) is 10.3. The fourth-order valence-corrected chi connectivity index (χ4v) is 5.16. The summed E-state index contributed by atoms with van der Waals surface area (Å²) in [5.74, 6) is -2.80. The highest BCUT2D eigenvalue weighted by atomic mass is 19.4. The number of piperidine rings is 1. The number of amides is 1. The highest BCUT2D eigenvalue weighted by molar-refractivity contribution is 5.79. The lowest BCUT2D eigenvalue weighted by molar-refractivity contribution is -0.143. The number of alkyl halides is 6. The molecule has 2 heterocycles. The summed E-state index contributed by atoms with van der Waals surface area (Å²) in [5, 5.41) is 24.5. The van der Waals surface area contributed by atoms with Gasteiger partial charge in [-0.15, -0.1) is 0 Å². The first-order valence-corrected chi connectivity index (χ1v) is 12.7. The van der Waals surface area contributed by atoms with Gasteiger partial charge >= 0.3 is 12.4 Å². The van der Waals surface area contributed by atoms with Gasteiger partial charge in [0.1, 0.15) is 11.6 Å². The second-order valence-electron chi connectivity index (χ2n) is 10.3. The quantitative estimate of drug-likeness (QED) is 0.292. The van der Waals surface area contributed by atoms with Gasteiger partial charge in [0.2, 0.25) is 11.8 Å². The molecule has 3 N–H and O–H groups in total. The van der Waals surface area contributed by atoms with Crippen LogP contribution in [0.3, 0.4) is 0 Å². The third kappa shape index (κ3) is 6.71. The van der Waals surface area contributed by atoms with Crippen LogP contribution in [-0.2, 0) is 17.1 Å². The number of aryl methyl sites for hydroxylation is 1. The Morgan fingerprint density at radius 2 is 1.66 bits per heavy atom. The zero-order chi connectivity index (χ0) is 30.3. The monoisotopic (exact) mass is 587 g/mol. The van der Waals surface area contributed by atoms with Crippen molar-refractivity contribution >= 4 is 5.91 Å². The van der Waals surface area contributed by atoms with Crippen LogP contribution in [0.15, 0.2) is 48.7 Å². The van der Waals surface area contributed by atoms with Crippen molar-refractivity contribution in [3.8, 4) is 11.6 Å². The maximum atomic E-state index is 13.8. The number of benzene rings is 2. The first-order valence-electron chi connectivity index (χ1n) is 12.7. The van der Waals surface area contributed by atoms with Crippen molar-refractivity contribution in [2.24, 2.45) is 5.92 Å². The molecule has 1 aromatic heterocycles. The Morgan fingerprint density at radius 1 is 1.02 bits per heavy atom. The molecule has 13 heteroatoms. The van der Waals surface area contributed by atoms with Gasteiger partial charge in [-0.2, -0.15) is 26.3 Å². The molecular formula is C28H28F7N3O3. The molecule has 1 amide bonds. The summed E-state index contributed by atoms with van der Waals surface area (Å²) in [5.41, 5.74) is -1.80. The van der Waals surface area contributed by atoms with Gasteiger partial charge in [0.05, 0.1) is 23.4 Å². The molecule has 1 unspecified atom stereocenters. The highest BCUT2D eigenvalue weighted by Gasteiger charge is 2.38. The summed E-state index contributed by atoms with van der Waals surface area (Å²) in [6.45, 7) is 3.15. The molecule has 0 bridgehead atoms. The summed E-state index contributed by atoms with van der Waals surface area (Å²) in [6.07, 6.45) is -8.17. The summed E-state index contributed by atoms with van der Waals surface area (Å²) >= 11 is 0. The van der Waals surface area contributed by atoms with Crippen LogP contribution in [-0.4, -0.2) is 33.9 Å². The van der Waals surface area contributed by atoms with Gasteiger partial charge in [-0.05, 0) is 72.7 Å². The van der Waals surface area contributed by atoms with Crippen molar-refractivity contribution in [1.29, 1.82) is 0 Å². The van der Waals surface area contributed by atoms with Crippen LogP contribution < -0.4 is 10.3 Å². The van der Waals surface area contributed by atoms with Gasteiger partial charge in [0.15, 0.2) is 0 Å². The van der Waals surface area contributed by atoms with E-state index < -0.39 is 53.1 Å². The molecule has 6 nitrogen and oxygen atoms in total. The van der Waals surface area contributed by atoms with Gasteiger partial charge in [-0.1, -0.05) is 13.0 Å². The maximum Gasteiger partial charge on any atom is 0.416 e. The van der Waals surface area contributed by atoms with E-state index in [1.807, 2.05) is 0 Å². The third-order valence-electron chi connectivity index (χ3n) is 7.34. The van der Waals surface area contributed by atoms with E-state index in [0.29, 0.717) is 23.3 Å². The van der Waals surface area contributed by atoms with Gasteiger partial charge in [0, 0.05) is 25.1 Å². The number of carbonyl (C=O) groups is 1. The fraction of sp³-hybridized carbons (Fsp3) is 0.393. The van der Waals surface area contributed by atoms with Crippen LogP contribution >= 0.6 is 0 Å². The van der Waals surface area contributed by atoms with Gasteiger partial charge < -0.3 is 20.5 Å². The molecule has 1 saturated heterocycles. The number of rotatable bonds is 6. The number of aromatic nitrogens is 1. The maximum absolute atomic E-state index is 13.8. The largest absolute Gasteiger partial charge is 0.506 e. The average Bonchev–Trinajstić information content (AvgIpc) is 3.22. The molecule has 1 aliphatic heterocycles. The number of hydrogen-bond acceptors (Lipinski definition) is 4. The zero-order valence-electron chi connectivity index (χ0n) is 22.0. The van der Waals surface area contributed by atoms with Gasteiger partial charge in [-0.25, -0.2) is 9.07 Å². The molecule has 0 saturated carbocycles. The molecule has 2 aromatic carbocycles. The summed E-state index contributed by atoms with van der Waals surface area (Å²) in [6, 6.07) is 6.13. The molecule has 3 atom stereocenters. The number of nitrogens with zero attached hydrogens (tertiary/aromatic N) is 2. The van der Waals surface area contributed by atoms with Crippen LogP contribution in [0.1, 0.15) is 59.5 Å². The van der Waals surface area contributed by atoms with E-state index in [9.17, 15) is 45.7 Å². The molecule has 0 radical (unpaired) electrons. The van der Waals surface area contributed by atoms with Crippen LogP contribution in [0, 0.1) is 18.7 Å². The van der Waals surface area contributed by atoms with E-state index in [4.69, 9.17) is 0 Å². The lowest BCUT2D eigenvalue weighted by Gasteiger charge is -2.41. The number of hydrogen-bond donors (Lipinski definition) is 3. The topological polar surface area (TPSA) is 77.7 Å². The highest BCUT2D eigenvalue weighted by Crippen LogP contribution is 2.39. The number of carbonyl (C=O) groups excluding carboxylic acids is 1. The van der Waals surface area contributed by atoms with Crippen LogP contribution in [0.2, 0.25) is 0 Å². The minimum atomic E-state index is -4.98. The average molecular weight is 588 g/mol. The zero-order valence-corrected chi connectivity index (χ0v) is 22.0. The van der Waals surface area contributed by atoms with E-state index in [-0.39, 0.29) is 49.2 Å². The van der Waals surface area contributed by atoms with Crippen molar-refractivity contribution in [2.45, 2.75) is 51.0 Å². The lowest BCUT2D eigenvalue weighted by atomic mass is 9.85.